The quantitative estimate of drug-likeness (QED) is 0.460. The van der Waals surface area contributed by atoms with Crippen LogP contribution in [0.5, 0.6) is 0 Å². The van der Waals surface area contributed by atoms with Gasteiger partial charge in [-0.1, -0.05) is 20.8 Å². The fourth-order valence-electron chi connectivity index (χ4n) is 2.99. The van der Waals surface area contributed by atoms with Crippen LogP contribution in [-0.4, -0.2) is 76.4 Å². The summed E-state index contributed by atoms with van der Waals surface area (Å²) in [4.78, 5) is 24.2. The molecule has 1 fully saturated rings. The van der Waals surface area contributed by atoms with Crippen LogP contribution in [-0.2, 0) is 24.0 Å². The third-order valence-electron chi connectivity index (χ3n) is 5.72. The Labute approximate surface area is 168 Å². The Morgan fingerprint density at radius 2 is 1.89 bits per heavy atom. The van der Waals surface area contributed by atoms with E-state index in [0.717, 1.165) is 7.11 Å². The van der Waals surface area contributed by atoms with E-state index in [2.05, 4.69) is 43.3 Å². The van der Waals surface area contributed by atoms with Crippen molar-refractivity contribution < 1.29 is 32.3 Å². The molecule has 0 saturated carbocycles. The topological polar surface area (TPSA) is 122 Å². The highest BCUT2D eigenvalue weighted by Gasteiger charge is 2.46. The van der Waals surface area contributed by atoms with Gasteiger partial charge in [-0.15, -0.1) is 0 Å². The van der Waals surface area contributed by atoms with Gasteiger partial charge >= 0.3 is 12.1 Å². The minimum Gasteiger partial charge on any atom is -0.468 e. The van der Waals surface area contributed by atoms with Crippen molar-refractivity contribution in [2.45, 2.75) is 70.2 Å². The molecule has 1 saturated heterocycles. The summed E-state index contributed by atoms with van der Waals surface area (Å²) in [5.74, 6) is -1.65. The molecular weight excluding hydrogens is 404 g/mol. The van der Waals surface area contributed by atoms with E-state index >= 15 is 0 Å². The van der Waals surface area contributed by atoms with Gasteiger partial charge in [-0.3, -0.25) is 4.79 Å². The summed E-state index contributed by atoms with van der Waals surface area (Å²) >= 11 is 0. The zero-order chi connectivity index (χ0) is 22.0. The summed E-state index contributed by atoms with van der Waals surface area (Å²) in [6, 6.07) is -0.393. The first-order chi connectivity index (χ1) is 12.5. The van der Waals surface area contributed by atoms with Gasteiger partial charge in [0.15, 0.2) is 14.1 Å². The number of rotatable bonds is 7. The zero-order valence-corrected chi connectivity index (χ0v) is 19.7. The van der Waals surface area contributed by atoms with Crippen LogP contribution in [0.4, 0.5) is 4.79 Å². The van der Waals surface area contributed by atoms with Crippen molar-refractivity contribution in [1.29, 1.82) is 0 Å². The van der Waals surface area contributed by atoms with Gasteiger partial charge in [0, 0.05) is 12.6 Å². The molecule has 0 aromatic carbocycles. The Hall–Kier alpha value is -1.17. The average molecular weight is 439 g/mol. The molecule has 2 atom stereocenters. The summed E-state index contributed by atoms with van der Waals surface area (Å²) in [5.41, 5.74) is -0.978. The van der Waals surface area contributed by atoms with E-state index in [1.807, 2.05) is 0 Å². The summed E-state index contributed by atoms with van der Waals surface area (Å²) in [6.45, 7) is 12.4. The molecule has 9 nitrogen and oxygen atoms in total. The Balaban J connectivity index is 3.11. The molecule has 0 bridgehead atoms. The maximum Gasteiger partial charge on any atom is 0.407 e. The second-order valence-electron chi connectivity index (χ2n) is 9.05. The fraction of sp³-hybridized carbons (Fsp3) is 0.882. The monoisotopic (exact) mass is 438 g/mol. The van der Waals surface area contributed by atoms with Crippen molar-refractivity contribution in [2.75, 3.05) is 26.0 Å². The molecular formula is C17H34N2O7SSi. The molecule has 11 heteroatoms. The van der Waals surface area contributed by atoms with E-state index in [9.17, 15) is 23.1 Å². The van der Waals surface area contributed by atoms with Crippen LogP contribution in [0.2, 0.25) is 18.1 Å². The third kappa shape index (κ3) is 6.43. The normalized spacial score (nSPS) is 24.1. The van der Waals surface area contributed by atoms with Gasteiger partial charge in [-0.2, -0.15) is 0 Å². The molecule has 1 amide bonds. The van der Waals surface area contributed by atoms with Crippen LogP contribution in [0, 0.1) is 0 Å². The highest BCUT2D eigenvalue weighted by atomic mass is 32.2. The Bertz CT molecular complexity index is 690. The first-order valence-corrected chi connectivity index (χ1v) is 13.8. The van der Waals surface area contributed by atoms with Gasteiger partial charge in [0.2, 0.25) is 10.0 Å². The number of methoxy groups -OCH3 is 1. The number of amides is 1. The predicted molar refractivity (Wildman–Crippen MR) is 108 cm³/mol. The Morgan fingerprint density at radius 1 is 1.32 bits per heavy atom. The van der Waals surface area contributed by atoms with Crippen molar-refractivity contribution in [3.8, 4) is 0 Å². The number of piperidine rings is 1. The number of sulfonamides is 1. The molecule has 1 aliphatic heterocycles. The van der Waals surface area contributed by atoms with Gasteiger partial charge in [0.1, 0.15) is 0 Å². The minimum absolute atomic E-state index is 0.0630. The zero-order valence-electron chi connectivity index (χ0n) is 17.9. The van der Waals surface area contributed by atoms with Crippen molar-refractivity contribution in [3.63, 3.8) is 0 Å². The van der Waals surface area contributed by atoms with Gasteiger partial charge in [0.05, 0.1) is 19.3 Å². The van der Waals surface area contributed by atoms with Gasteiger partial charge in [-0.25, -0.2) is 17.9 Å². The number of carbonyl (C=O) groups excluding carboxylic acids is 1. The van der Waals surface area contributed by atoms with Crippen LogP contribution >= 0.6 is 0 Å². The number of nitrogens with zero attached hydrogens (tertiary/aromatic N) is 1. The summed E-state index contributed by atoms with van der Waals surface area (Å²) < 4.78 is 38.5. The number of carbonyl (C=O) groups is 2. The maximum atomic E-state index is 12.5. The van der Waals surface area contributed by atoms with Crippen molar-refractivity contribution in [1.82, 2.24) is 9.62 Å². The molecule has 1 aliphatic rings. The smallest absolute Gasteiger partial charge is 0.407 e. The van der Waals surface area contributed by atoms with Gasteiger partial charge in [-0.05, 0) is 37.9 Å². The molecule has 1 heterocycles. The first-order valence-electron chi connectivity index (χ1n) is 9.26. The highest BCUT2D eigenvalue weighted by Crippen LogP contribution is 2.38. The lowest BCUT2D eigenvalue weighted by Crippen LogP contribution is -2.62. The standard InChI is InChI=1S/C17H34N2O7SSi/c1-13-10-17(8-9-19(13)15(21)22,12-26-28(6,7)16(2,3)4)18-27(23,24)11-14(20)25-5/h13,18H,8-12H2,1-7H3,(H,21,22)/t13-,17+/m0/s1. The second kappa shape index (κ2) is 8.68. The van der Waals surface area contributed by atoms with E-state index in [0.29, 0.717) is 0 Å². The Kier molecular flexibility index (Phi) is 7.71. The van der Waals surface area contributed by atoms with Crippen molar-refractivity contribution in [3.05, 3.63) is 0 Å². The molecule has 0 aromatic rings. The predicted octanol–water partition coefficient (Wildman–Crippen LogP) is 2.00. The minimum atomic E-state index is -3.97. The number of hydrogen-bond donors (Lipinski definition) is 2. The fourth-order valence-corrected chi connectivity index (χ4v) is 5.46. The van der Waals surface area contributed by atoms with E-state index in [-0.39, 0.29) is 31.0 Å². The van der Waals surface area contributed by atoms with Crippen LogP contribution < -0.4 is 4.72 Å². The number of esters is 1. The molecule has 28 heavy (non-hydrogen) atoms. The number of ether oxygens (including phenoxy) is 1. The number of nitrogens with one attached hydrogen (secondary N) is 1. The van der Waals surface area contributed by atoms with E-state index in [4.69, 9.17) is 4.43 Å². The van der Waals surface area contributed by atoms with Crippen LogP contribution in [0.15, 0.2) is 0 Å². The summed E-state index contributed by atoms with van der Waals surface area (Å²) in [5, 5.41) is 9.27. The van der Waals surface area contributed by atoms with E-state index in [1.54, 1.807) is 6.92 Å². The molecule has 0 aliphatic carbocycles. The number of likely N-dealkylation sites (tertiary alicyclic amines) is 1. The Morgan fingerprint density at radius 3 is 2.32 bits per heavy atom. The average Bonchev–Trinajstić information content (AvgIpc) is 2.50. The molecule has 0 spiro atoms. The van der Waals surface area contributed by atoms with Gasteiger partial charge in [0.25, 0.3) is 0 Å². The van der Waals surface area contributed by atoms with Crippen molar-refractivity contribution in [2.24, 2.45) is 0 Å². The summed E-state index contributed by atoms with van der Waals surface area (Å²) in [6.07, 6.45) is -0.517. The molecule has 0 unspecified atom stereocenters. The summed E-state index contributed by atoms with van der Waals surface area (Å²) in [7, 11) is -5.01. The number of hydrogen-bond acceptors (Lipinski definition) is 6. The van der Waals surface area contributed by atoms with E-state index in [1.165, 1.54) is 4.90 Å². The lowest BCUT2D eigenvalue weighted by Gasteiger charge is -2.47. The van der Waals surface area contributed by atoms with Crippen molar-refractivity contribution >= 4 is 30.4 Å². The molecule has 164 valence electrons. The number of carboxylic acid groups (broad SMARTS) is 1. The molecule has 0 radical (unpaired) electrons. The molecule has 2 N–H and O–H groups in total. The van der Waals surface area contributed by atoms with Gasteiger partial charge < -0.3 is 19.2 Å². The SMILES string of the molecule is COC(=O)CS(=O)(=O)N[C@]1(CO[Si](C)(C)C(C)(C)C)CCN(C(=O)O)[C@@H](C)C1. The lowest BCUT2D eigenvalue weighted by molar-refractivity contribution is -0.137. The van der Waals surface area contributed by atoms with E-state index < -0.39 is 47.7 Å². The third-order valence-corrected chi connectivity index (χ3v) is 11.6. The van der Waals surface area contributed by atoms with Crippen LogP contribution in [0.1, 0.15) is 40.5 Å². The van der Waals surface area contributed by atoms with Crippen LogP contribution in [0.25, 0.3) is 0 Å². The molecule has 0 aromatic heterocycles. The first kappa shape index (κ1) is 24.9. The molecule has 1 rings (SSSR count). The lowest BCUT2D eigenvalue weighted by atomic mass is 9.85. The largest absolute Gasteiger partial charge is 0.468 e. The second-order valence-corrected chi connectivity index (χ2v) is 15.6. The van der Waals surface area contributed by atoms with Crippen LogP contribution in [0.3, 0.4) is 0 Å². The maximum absolute atomic E-state index is 12.5. The highest BCUT2D eigenvalue weighted by molar-refractivity contribution is 7.90.